The average molecular weight is 639 g/mol. The van der Waals surface area contributed by atoms with Crippen LogP contribution in [0.15, 0.2) is 59.4 Å². The Labute approximate surface area is 283 Å². The van der Waals surface area contributed by atoms with Crippen LogP contribution in [0.25, 0.3) is 0 Å². The number of carbonyl (C=O) groups excluding carboxylic acids is 1. The molecule has 5 saturated carbocycles. The first-order chi connectivity index (χ1) is 22.8. The van der Waals surface area contributed by atoms with E-state index in [0.29, 0.717) is 22.5 Å². The summed E-state index contributed by atoms with van der Waals surface area (Å²) in [5, 5.41) is 0. The summed E-state index contributed by atoms with van der Waals surface area (Å²) in [5.41, 5.74) is 3.87. The van der Waals surface area contributed by atoms with E-state index in [4.69, 9.17) is 14.2 Å². The average Bonchev–Trinajstić information content (AvgIpc) is 3.89. The molecule has 8 aliphatic carbocycles. The molecule has 4 nitrogen and oxygen atoms in total. The van der Waals surface area contributed by atoms with E-state index in [1.807, 2.05) is 13.2 Å². The Hall–Kier alpha value is -1.91. The molecule has 2 spiro atoms. The van der Waals surface area contributed by atoms with E-state index >= 15 is 0 Å². The van der Waals surface area contributed by atoms with E-state index in [1.54, 1.807) is 5.57 Å². The van der Waals surface area contributed by atoms with Crippen LogP contribution in [0, 0.1) is 58.2 Å². The zero-order valence-corrected chi connectivity index (χ0v) is 29.3. The summed E-state index contributed by atoms with van der Waals surface area (Å²) < 4.78 is 18.2. The van der Waals surface area contributed by atoms with Crippen molar-refractivity contribution in [3.63, 3.8) is 0 Å². The lowest BCUT2D eigenvalue weighted by atomic mass is 9.50. The second kappa shape index (κ2) is 11.3. The zero-order chi connectivity index (χ0) is 32.0. The first kappa shape index (κ1) is 31.1. The largest absolute Gasteiger partial charge is 0.501 e. The maximum atomic E-state index is 11.8. The molecule has 254 valence electrons. The summed E-state index contributed by atoms with van der Waals surface area (Å²) in [7, 11) is 1.82. The van der Waals surface area contributed by atoms with Gasteiger partial charge in [-0.2, -0.15) is 0 Å². The first-order valence-electron chi connectivity index (χ1n) is 19.6. The van der Waals surface area contributed by atoms with Crippen molar-refractivity contribution in [2.24, 2.45) is 58.2 Å². The number of fused-ring (bicyclic) bond motifs is 12. The molecule has 6 unspecified atom stereocenters. The molecule has 0 radical (unpaired) electrons. The van der Waals surface area contributed by atoms with Crippen LogP contribution >= 0.6 is 0 Å². The van der Waals surface area contributed by atoms with E-state index in [2.05, 4.69) is 50.3 Å². The van der Waals surface area contributed by atoms with Crippen molar-refractivity contribution in [3.8, 4) is 0 Å². The number of ether oxygens (including phenoxy) is 3. The van der Waals surface area contributed by atoms with Crippen LogP contribution in [0.3, 0.4) is 0 Å². The van der Waals surface area contributed by atoms with Crippen molar-refractivity contribution in [1.29, 1.82) is 0 Å². The van der Waals surface area contributed by atoms with Gasteiger partial charge in [0, 0.05) is 23.7 Å². The molecule has 0 saturated heterocycles. The predicted molar refractivity (Wildman–Crippen MR) is 185 cm³/mol. The van der Waals surface area contributed by atoms with Gasteiger partial charge in [0.2, 0.25) is 0 Å². The first-order valence-corrected chi connectivity index (χ1v) is 19.6. The van der Waals surface area contributed by atoms with E-state index in [-0.39, 0.29) is 11.2 Å². The summed E-state index contributed by atoms with van der Waals surface area (Å²) in [6, 6.07) is 0. The lowest BCUT2D eigenvalue weighted by Gasteiger charge is -2.55. The molecule has 2 aliphatic heterocycles. The predicted octanol–water partition coefficient (Wildman–Crippen LogP) is 9.48. The van der Waals surface area contributed by atoms with Crippen molar-refractivity contribution in [1.82, 2.24) is 0 Å². The van der Waals surface area contributed by atoms with E-state index in [1.165, 1.54) is 88.4 Å². The molecule has 0 aromatic rings. The van der Waals surface area contributed by atoms with Gasteiger partial charge in [0.05, 0.1) is 37.3 Å². The second-order valence-corrected chi connectivity index (χ2v) is 17.8. The summed E-state index contributed by atoms with van der Waals surface area (Å²) in [4.78, 5) is 11.8. The monoisotopic (exact) mass is 638 g/mol. The standard InChI is InChI=1S/C22H30O2.C21H28O2/c1-21-11-8-18-17-7-5-16(23-2)14-15(17)4-6-19(18)20(21)9-12-22(21)10-3-13-24-22;1-20-10-7-17-16-6-4-15(22)13-14(16)3-5-18(17)19(20)8-11-21(20)9-2-12-23-21/h3-4,10,14,17-20H,5-9,11-13H2,1-2H3;2,9,13,16-19H,3-8,10-12H2,1H3/t17-,18?,19?,20?,21-,22-;16-,17?,18?,19?,20-,21-/m00/s1. The summed E-state index contributed by atoms with van der Waals surface area (Å²) in [6.07, 6.45) is 34.8. The molecule has 2 heterocycles. The van der Waals surface area contributed by atoms with Gasteiger partial charge >= 0.3 is 0 Å². The van der Waals surface area contributed by atoms with Crippen LogP contribution < -0.4 is 0 Å². The van der Waals surface area contributed by atoms with Crippen molar-refractivity contribution >= 4 is 5.78 Å². The van der Waals surface area contributed by atoms with Crippen LogP contribution in [0.1, 0.15) is 110 Å². The Morgan fingerprint density at radius 2 is 1.32 bits per heavy atom. The van der Waals surface area contributed by atoms with Gasteiger partial charge in [-0.05, 0) is 149 Å². The highest BCUT2D eigenvalue weighted by Gasteiger charge is 2.64. The maximum Gasteiger partial charge on any atom is 0.155 e. The second-order valence-electron chi connectivity index (χ2n) is 17.8. The van der Waals surface area contributed by atoms with Crippen LogP contribution in [-0.4, -0.2) is 37.3 Å². The van der Waals surface area contributed by atoms with Gasteiger partial charge in [-0.15, -0.1) is 0 Å². The molecule has 4 heteroatoms. The Morgan fingerprint density at radius 3 is 1.96 bits per heavy atom. The summed E-state index contributed by atoms with van der Waals surface area (Å²) in [5.74, 6) is 8.16. The van der Waals surface area contributed by atoms with Crippen molar-refractivity contribution in [2.45, 2.75) is 121 Å². The normalized spacial score (nSPS) is 50.3. The number of methoxy groups -OCH3 is 1. The third-order valence-corrected chi connectivity index (χ3v) is 16.7. The van der Waals surface area contributed by atoms with Gasteiger partial charge in [0.1, 0.15) is 0 Å². The lowest BCUT2D eigenvalue weighted by molar-refractivity contribution is -0.118. The van der Waals surface area contributed by atoms with Gasteiger partial charge in [0.25, 0.3) is 0 Å². The topological polar surface area (TPSA) is 44.8 Å². The number of hydrogen-bond acceptors (Lipinski definition) is 4. The van der Waals surface area contributed by atoms with Crippen LogP contribution in [0.5, 0.6) is 0 Å². The lowest BCUT2D eigenvalue weighted by Crippen LogP contribution is -2.52. The van der Waals surface area contributed by atoms with Crippen molar-refractivity contribution in [2.75, 3.05) is 20.3 Å². The Bertz CT molecular complexity index is 1450. The minimum absolute atomic E-state index is 0.0429. The molecule has 10 rings (SSSR count). The van der Waals surface area contributed by atoms with E-state index < -0.39 is 0 Å². The Balaban J connectivity index is 0.000000129. The molecule has 10 aliphatic rings. The van der Waals surface area contributed by atoms with Crippen LogP contribution in [0.2, 0.25) is 0 Å². The van der Waals surface area contributed by atoms with Crippen LogP contribution in [-0.2, 0) is 19.0 Å². The zero-order valence-electron chi connectivity index (χ0n) is 29.3. The number of rotatable bonds is 1. The molecular weight excluding hydrogens is 580 g/mol. The Morgan fingerprint density at radius 1 is 0.681 bits per heavy atom. The molecule has 47 heavy (non-hydrogen) atoms. The van der Waals surface area contributed by atoms with Gasteiger partial charge < -0.3 is 14.2 Å². The highest BCUT2D eigenvalue weighted by atomic mass is 16.5. The quantitative estimate of drug-likeness (QED) is 0.269. The highest BCUT2D eigenvalue weighted by molar-refractivity contribution is 5.91. The molecule has 0 aromatic heterocycles. The fourth-order valence-corrected chi connectivity index (χ4v) is 14.3. The summed E-state index contributed by atoms with van der Waals surface area (Å²) in [6.45, 7) is 6.70. The number of hydrogen-bond donors (Lipinski definition) is 0. The van der Waals surface area contributed by atoms with E-state index in [9.17, 15) is 4.79 Å². The highest BCUT2D eigenvalue weighted by Crippen LogP contribution is 2.68. The third-order valence-electron chi connectivity index (χ3n) is 16.7. The molecule has 0 bridgehead atoms. The fraction of sp³-hybridized carbons (Fsp3) is 0.744. The van der Waals surface area contributed by atoms with E-state index in [0.717, 1.165) is 73.9 Å². The minimum Gasteiger partial charge on any atom is -0.501 e. The molecule has 12 atom stereocenters. The van der Waals surface area contributed by atoms with Gasteiger partial charge in [0.15, 0.2) is 5.78 Å². The van der Waals surface area contributed by atoms with Gasteiger partial charge in [-0.25, -0.2) is 0 Å². The van der Waals surface area contributed by atoms with Crippen molar-refractivity contribution < 1.29 is 19.0 Å². The maximum absolute atomic E-state index is 11.8. The molecule has 5 fully saturated rings. The minimum atomic E-state index is 0.0429. The summed E-state index contributed by atoms with van der Waals surface area (Å²) >= 11 is 0. The molecular formula is C43H58O4. The smallest absolute Gasteiger partial charge is 0.155 e. The number of carbonyl (C=O) groups is 1. The number of ketones is 1. The fourth-order valence-electron chi connectivity index (χ4n) is 14.3. The van der Waals surface area contributed by atoms with Gasteiger partial charge in [-0.1, -0.05) is 49.8 Å². The third kappa shape index (κ3) is 4.48. The van der Waals surface area contributed by atoms with Crippen LogP contribution in [0.4, 0.5) is 0 Å². The van der Waals surface area contributed by atoms with Gasteiger partial charge in [-0.3, -0.25) is 4.79 Å². The van der Waals surface area contributed by atoms with Crippen molar-refractivity contribution in [3.05, 3.63) is 59.4 Å². The SMILES string of the molecule is COC1=CC2=CCC3C(CC[C@@]4(C)C3CC[C@@]43C=CCO3)[C@H]2CC1.C[C@]12CCC3C(CCC4=CC(=O)CC[C@@H]43)C1CC[C@@]21C=CCO1. The Kier molecular flexibility index (Phi) is 7.48. The molecule has 0 amide bonds. The number of allylic oxidation sites excluding steroid dienone is 5. The molecule has 0 N–H and O–H groups in total. The molecule has 0 aromatic carbocycles.